The summed E-state index contributed by atoms with van der Waals surface area (Å²) >= 11 is 0. The number of likely N-dealkylation sites (tertiary alicyclic amines) is 1. The molecule has 0 bridgehead atoms. The second kappa shape index (κ2) is 6.16. The van der Waals surface area contributed by atoms with Crippen LogP contribution in [-0.2, 0) is 4.74 Å². The first-order valence-corrected chi connectivity index (χ1v) is 8.85. The topological polar surface area (TPSA) is 76.0 Å². The summed E-state index contributed by atoms with van der Waals surface area (Å²) in [6.07, 6.45) is 6.23. The average Bonchev–Trinajstić information content (AvgIpc) is 3.31. The number of carbonyl (C=O) groups excluding carboxylic acids is 1. The lowest BCUT2D eigenvalue weighted by atomic mass is 10.1. The number of hydrogen-bond acceptors (Lipinski definition) is 4. The van der Waals surface area contributed by atoms with Gasteiger partial charge in [0.1, 0.15) is 5.60 Å². The van der Waals surface area contributed by atoms with Crippen molar-refractivity contribution in [3.05, 3.63) is 36.9 Å². The Morgan fingerprint density at radius 3 is 2.96 bits per heavy atom. The van der Waals surface area contributed by atoms with Gasteiger partial charge in [-0.2, -0.15) is 5.10 Å². The SMILES string of the molecule is CC(C)(C)OC(=O)N1CCC(n2cc(-c3ccc4nc[nH]c4c3)cn2)C1. The summed E-state index contributed by atoms with van der Waals surface area (Å²) in [6, 6.07) is 6.29. The number of imidazole rings is 1. The molecule has 7 nitrogen and oxygen atoms in total. The Morgan fingerprint density at radius 1 is 1.31 bits per heavy atom. The molecule has 7 heteroatoms. The van der Waals surface area contributed by atoms with Crippen LogP contribution >= 0.6 is 0 Å². The van der Waals surface area contributed by atoms with E-state index in [1.807, 2.05) is 50.0 Å². The van der Waals surface area contributed by atoms with Crippen molar-refractivity contribution in [1.82, 2.24) is 24.6 Å². The Balaban J connectivity index is 1.47. The molecular formula is C19H23N5O2. The van der Waals surface area contributed by atoms with Crippen molar-refractivity contribution < 1.29 is 9.53 Å². The molecule has 1 N–H and O–H groups in total. The van der Waals surface area contributed by atoms with Gasteiger partial charge in [0, 0.05) is 24.8 Å². The van der Waals surface area contributed by atoms with E-state index in [1.54, 1.807) is 11.2 Å². The standard InChI is InChI=1S/C19H23N5O2/c1-19(2,3)26-18(25)23-7-6-15(11-23)24-10-14(9-22-24)13-4-5-16-17(8-13)21-12-20-16/h4-5,8-10,12,15H,6-7,11H2,1-3H3,(H,20,21). The van der Waals surface area contributed by atoms with E-state index in [9.17, 15) is 4.79 Å². The number of fused-ring (bicyclic) bond motifs is 1. The third-order valence-electron chi connectivity index (χ3n) is 4.54. The van der Waals surface area contributed by atoms with Gasteiger partial charge < -0.3 is 14.6 Å². The molecule has 26 heavy (non-hydrogen) atoms. The molecule has 1 fully saturated rings. The van der Waals surface area contributed by atoms with Crippen LogP contribution in [0.25, 0.3) is 22.2 Å². The fourth-order valence-corrected chi connectivity index (χ4v) is 3.25. The van der Waals surface area contributed by atoms with Crippen LogP contribution in [0.5, 0.6) is 0 Å². The summed E-state index contributed by atoms with van der Waals surface area (Å²) in [4.78, 5) is 21.4. The van der Waals surface area contributed by atoms with Crippen molar-refractivity contribution >= 4 is 17.1 Å². The maximum atomic E-state index is 12.2. The largest absolute Gasteiger partial charge is 0.444 e. The number of H-pyrrole nitrogens is 1. The van der Waals surface area contributed by atoms with Crippen LogP contribution in [0.1, 0.15) is 33.2 Å². The minimum absolute atomic E-state index is 0.173. The maximum absolute atomic E-state index is 12.2. The molecule has 2 aromatic heterocycles. The predicted octanol–water partition coefficient (Wildman–Crippen LogP) is 3.61. The zero-order valence-electron chi connectivity index (χ0n) is 15.3. The highest BCUT2D eigenvalue weighted by Gasteiger charge is 2.31. The van der Waals surface area contributed by atoms with E-state index in [4.69, 9.17) is 4.74 Å². The Morgan fingerprint density at radius 2 is 2.15 bits per heavy atom. The molecular weight excluding hydrogens is 330 g/mol. The van der Waals surface area contributed by atoms with E-state index in [0.717, 1.165) is 28.6 Å². The zero-order chi connectivity index (χ0) is 18.3. The van der Waals surface area contributed by atoms with Crippen molar-refractivity contribution in [2.75, 3.05) is 13.1 Å². The first-order chi connectivity index (χ1) is 12.4. The van der Waals surface area contributed by atoms with Gasteiger partial charge in [-0.1, -0.05) is 6.07 Å². The molecule has 3 aromatic rings. The first-order valence-electron chi connectivity index (χ1n) is 8.85. The third-order valence-corrected chi connectivity index (χ3v) is 4.54. The molecule has 4 rings (SSSR count). The predicted molar refractivity (Wildman–Crippen MR) is 98.8 cm³/mol. The number of hydrogen-bond donors (Lipinski definition) is 1. The molecule has 0 spiro atoms. The van der Waals surface area contributed by atoms with Gasteiger partial charge in [-0.25, -0.2) is 9.78 Å². The second-order valence-electron chi connectivity index (χ2n) is 7.71. The van der Waals surface area contributed by atoms with E-state index in [1.165, 1.54) is 0 Å². The lowest BCUT2D eigenvalue weighted by Crippen LogP contribution is -2.35. The van der Waals surface area contributed by atoms with Crippen LogP contribution in [0.4, 0.5) is 4.79 Å². The number of aromatic amines is 1. The summed E-state index contributed by atoms with van der Waals surface area (Å²) in [6.45, 7) is 6.96. The summed E-state index contributed by atoms with van der Waals surface area (Å²) < 4.78 is 7.42. The van der Waals surface area contributed by atoms with Crippen molar-refractivity contribution in [3.63, 3.8) is 0 Å². The van der Waals surface area contributed by atoms with Gasteiger partial charge in [-0.05, 0) is 44.9 Å². The van der Waals surface area contributed by atoms with Gasteiger partial charge in [0.15, 0.2) is 0 Å². The van der Waals surface area contributed by atoms with Crippen LogP contribution in [0.15, 0.2) is 36.9 Å². The molecule has 0 saturated carbocycles. The Labute approximate surface area is 152 Å². The number of rotatable bonds is 2. The summed E-state index contributed by atoms with van der Waals surface area (Å²) in [5.74, 6) is 0. The minimum atomic E-state index is -0.473. The highest BCUT2D eigenvalue weighted by molar-refractivity contribution is 5.81. The first kappa shape index (κ1) is 16.6. The number of nitrogens with zero attached hydrogens (tertiary/aromatic N) is 4. The molecule has 1 aliphatic rings. The third kappa shape index (κ3) is 3.29. The van der Waals surface area contributed by atoms with Gasteiger partial charge in [0.2, 0.25) is 0 Å². The molecule has 1 aromatic carbocycles. The Hall–Kier alpha value is -2.83. The molecule has 1 unspecified atom stereocenters. The van der Waals surface area contributed by atoms with E-state index in [-0.39, 0.29) is 12.1 Å². The summed E-state index contributed by atoms with van der Waals surface area (Å²) in [7, 11) is 0. The highest BCUT2D eigenvalue weighted by Crippen LogP contribution is 2.27. The van der Waals surface area contributed by atoms with Crippen molar-refractivity contribution in [1.29, 1.82) is 0 Å². The van der Waals surface area contributed by atoms with Crippen LogP contribution in [-0.4, -0.2) is 49.4 Å². The van der Waals surface area contributed by atoms with E-state index >= 15 is 0 Å². The molecule has 1 saturated heterocycles. The fraction of sp³-hybridized carbons (Fsp3) is 0.421. The van der Waals surface area contributed by atoms with Crippen molar-refractivity contribution in [2.45, 2.75) is 38.8 Å². The van der Waals surface area contributed by atoms with Gasteiger partial charge >= 0.3 is 6.09 Å². The molecule has 1 aliphatic heterocycles. The number of amides is 1. The van der Waals surface area contributed by atoms with Crippen LogP contribution in [0.3, 0.4) is 0 Å². The number of benzene rings is 1. The molecule has 1 atom stereocenters. The lowest BCUT2D eigenvalue weighted by Gasteiger charge is -2.24. The molecule has 0 aliphatic carbocycles. The van der Waals surface area contributed by atoms with Crippen LogP contribution in [0.2, 0.25) is 0 Å². The van der Waals surface area contributed by atoms with Gasteiger partial charge in [-0.3, -0.25) is 4.68 Å². The lowest BCUT2D eigenvalue weighted by molar-refractivity contribution is 0.0288. The Bertz CT molecular complexity index is 937. The van der Waals surface area contributed by atoms with Crippen LogP contribution < -0.4 is 0 Å². The summed E-state index contributed by atoms with van der Waals surface area (Å²) in [5, 5.41) is 4.52. The maximum Gasteiger partial charge on any atom is 0.410 e. The second-order valence-corrected chi connectivity index (χ2v) is 7.71. The molecule has 3 heterocycles. The Kier molecular flexibility index (Phi) is 3.94. The quantitative estimate of drug-likeness (QED) is 0.763. The molecule has 1 amide bonds. The highest BCUT2D eigenvalue weighted by atomic mass is 16.6. The van der Waals surface area contributed by atoms with Gasteiger partial charge in [0.25, 0.3) is 0 Å². The average molecular weight is 353 g/mol. The number of carbonyl (C=O) groups is 1. The zero-order valence-corrected chi connectivity index (χ0v) is 15.3. The van der Waals surface area contributed by atoms with Crippen molar-refractivity contribution in [2.24, 2.45) is 0 Å². The van der Waals surface area contributed by atoms with E-state index < -0.39 is 5.60 Å². The monoisotopic (exact) mass is 353 g/mol. The number of nitrogens with one attached hydrogen (secondary N) is 1. The van der Waals surface area contributed by atoms with Crippen molar-refractivity contribution in [3.8, 4) is 11.1 Å². The van der Waals surface area contributed by atoms with Gasteiger partial charge in [-0.15, -0.1) is 0 Å². The minimum Gasteiger partial charge on any atom is -0.444 e. The van der Waals surface area contributed by atoms with Gasteiger partial charge in [0.05, 0.1) is 29.6 Å². The van der Waals surface area contributed by atoms with Crippen LogP contribution in [0, 0.1) is 0 Å². The normalized spacial score (nSPS) is 17.8. The van der Waals surface area contributed by atoms with E-state index in [2.05, 4.69) is 21.1 Å². The van der Waals surface area contributed by atoms with E-state index in [0.29, 0.717) is 13.1 Å². The molecule has 136 valence electrons. The summed E-state index contributed by atoms with van der Waals surface area (Å²) in [5.41, 5.74) is 3.63. The smallest absolute Gasteiger partial charge is 0.410 e. The fourth-order valence-electron chi connectivity index (χ4n) is 3.25. The number of ether oxygens (including phenoxy) is 1. The molecule has 0 radical (unpaired) electrons. The number of aromatic nitrogens is 4.